The highest BCUT2D eigenvalue weighted by Gasteiger charge is 2.28. The number of nitrogens with zero attached hydrogens (tertiary/aromatic N) is 2. The molecule has 8 nitrogen and oxygen atoms in total. The second-order valence-corrected chi connectivity index (χ2v) is 6.00. The Kier molecular flexibility index (Phi) is 6.33. The summed E-state index contributed by atoms with van der Waals surface area (Å²) in [4.78, 5) is 36.8. The van der Waals surface area contributed by atoms with Gasteiger partial charge in [-0.15, -0.1) is 0 Å². The van der Waals surface area contributed by atoms with Gasteiger partial charge in [0.15, 0.2) is 0 Å². The zero-order valence-electron chi connectivity index (χ0n) is 15.8. The van der Waals surface area contributed by atoms with E-state index in [1.54, 1.807) is 26.0 Å². The first kappa shape index (κ1) is 20.2. The molecule has 1 aromatic rings. The van der Waals surface area contributed by atoms with Crippen molar-refractivity contribution in [2.24, 2.45) is 0 Å². The first-order chi connectivity index (χ1) is 12.8. The van der Waals surface area contributed by atoms with Crippen LogP contribution >= 0.6 is 0 Å². The second-order valence-electron chi connectivity index (χ2n) is 6.00. The van der Waals surface area contributed by atoms with Crippen LogP contribution in [-0.4, -0.2) is 30.6 Å². The van der Waals surface area contributed by atoms with Crippen molar-refractivity contribution in [3.05, 3.63) is 56.9 Å². The molecule has 0 amide bonds. The molecule has 0 saturated heterocycles. The molecule has 0 aromatic heterocycles. The molecule has 0 atom stereocenters. The smallest absolute Gasteiger partial charge is 0.335 e. The summed E-state index contributed by atoms with van der Waals surface area (Å²) in [6.07, 6.45) is 3.63. The van der Waals surface area contributed by atoms with Crippen molar-refractivity contribution in [3.63, 3.8) is 0 Å². The van der Waals surface area contributed by atoms with Crippen molar-refractivity contribution in [3.8, 4) is 0 Å². The highest BCUT2D eigenvalue weighted by atomic mass is 16.6. The van der Waals surface area contributed by atoms with Gasteiger partial charge < -0.3 is 14.4 Å². The predicted molar refractivity (Wildman–Crippen MR) is 99.1 cm³/mol. The summed E-state index contributed by atoms with van der Waals surface area (Å²) in [5.41, 5.74) is 2.01. The molecule has 0 bridgehead atoms. The molecule has 0 radical (unpaired) electrons. The molecular formula is C19H22N2O6. The number of anilines is 1. The number of hydrogen-bond acceptors (Lipinski definition) is 7. The number of aryl methyl sites for hydroxylation is 2. The minimum Gasteiger partial charge on any atom is -0.466 e. The number of carbonyl (C=O) groups is 2. The molecule has 0 unspecified atom stereocenters. The van der Waals surface area contributed by atoms with E-state index in [2.05, 4.69) is 0 Å². The molecule has 1 aliphatic rings. The van der Waals surface area contributed by atoms with Gasteiger partial charge in [0, 0.05) is 24.4 Å². The third-order valence-electron chi connectivity index (χ3n) is 4.17. The summed E-state index contributed by atoms with van der Waals surface area (Å²) in [7, 11) is 1.24. The molecule has 27 heavy (non-hydrogen) atoms. The molecule has 1 heterocycles. The lowest BCUT2D eigenvalue weighted by Gasteiger charge is -2.24. The van der Waals surface area contributed by atoms with Gasteiger partial charge in [-0.2, -0.15) is 0 Å². The van der Waals surface area contributed by atoms with Crippen molar-refractivity contribution < 1.29 is 24.0 Å². The Balaban J connectivity index is 2.65. The first-order valence-electron chi connectivity index (χ1n) is 8.55. The van der Waals surface area contributed by atoms with Crippen molar-refractivity contribution in [2.45, 2.75) is 33.6 Å². The van der Waals surface area contributed by atoms with Crippen LogP contribution in [0.2, 0.25) is 0 Å². The largest absolute Gasteiger partial charge is 0.466 e. The summed E-state index contributed by atoms with van der Waals surface area (Å²) in [5, 5.41) is 11.6. The first-order valence-corrected chi connectivity index (χ1v) is 8.55. The normalized spacial score (nSPS) is 13.6. The van der Waals surface area contributed by atoms with Crippen molar-refractivity contribution >= 4 is 23.3 Å². The van der Waals surface area contributed by atoms with Crippen LogP contribution in [0.4, 0.5) is 11.4 Å². The molecule has 0 N–H and O–H groups in total. The summed E-state index contributed by atoms with van der Waals surface area (Å²) in [6.45, 7) is 5.45. The van der Waals surface area contributed by atoms with E-state index in [1.807, 2.05) is 6.92 Å². The van der Waals surface area contributed by atoms with Gasteiger partial charge in [-0.05, 0) is 38.0 Å². The number of methoxy groups -OCH3 is 1. The van der Waals surface area contributed by atoms with Gasteiger partial charge in [-0.3, -0.25) is 10.1 Å². The van der Waals surface area contributed by atoms with Gasteiger partial charge in [-0.1, -0.05) is 6.92 Å². The third kappa shape index (κ3) is 4.33. The fraction of sp³-hybridized carbons (Fsp3) is 0.368. The Bertz CT molecular complexity index is 841. The maximum atomic E-state index is 12.2. The van der Waals surface area contributed by atoms with E-state index in [0.29, 0.717) is 12.0 Å². The maximum absolute atomic E-state index is 12.2. The summed E-state index contributed by atoms with van der Waals surface area (Å²) in [6, 6.07) is 3.44. The minimum absolute atomic E-state index is 0.0300. The fourth-order valence-electron chi connectivity index (χ4n) is 2.89. The Labute approximate surface area is 157 Å². The van der Waals surface area contributed by atoms with E-state index in [4.69, 9.17) is 9.47 Å². The molecule has 0 spiro atoms. The van der Waals surface area contributed by atoms with Crippen LogP contribution in [0.15, 0.2) is 35.7 Å². The lowest BCUT2D eigenvalue weighted by Crippen LogP contribution is -2.23. The molecule has 8 heteroatoms. The molecule has 0 saturated carbocycles. The van der Waals surface area contributed by atoms with Crippen LogP contribution in [0.5, 0.6) is 0 Å². The fourth-order valence-corrected chi connectivity index (χ4v) is 2.89. The van der Waals surface area contributed by atoms with Crippen LogP contribution in [0, 0.1) is 17.0 Å². The topological polar surface area (TPSA) is 99.0 Å². The molecular weight excluding hydrogens is 352 g/mol. The maximum Gasteiger partial charge on any atom is 0.335 e. The molecule has 2 rings (SSSR count). The number of esters is 2. The number of nitro groups is 1. The Hall–Kier alpha value is -3.16. The molecule has 0 fully saturated rings. The lowest BCUT2D eigenvalue weighted by molar-refractivity contribution is -0.384. The average molecular weight is 374 g/mol. The summed E-state index contributed by atoms with van der Waals surface area (Å²) >= 11 is 0. The zero-order valence-corrected chi connectivity index (χ0v) is 15.8. The standard InChI is InChI=1S/C19H22N2O6/c1-5-13-7-12(3)17(21(24)25)16(8-13)20-10-14(18(22)26-4)9-15(11-20)19(23)27-6-2/h7-8,10-11H,5-6,9H2,1-4H3. The third-order valence-corrected chi connectivity index (χ3v) is 4.17. The number of rotatable bonds is 6. The van der Waals surface area contributed by atoms with E-state index in [-0.39, 0.29) is 35.5 Å². The highest BCUT2D eigenvalue weighted by molar-refractivity contribution is 5.97. The van der Waals surface area contributed by atoms with E-state index in [1.165, 1.54) is 24.4 Å². The van der Waals surface area contributed by atoms with Crippen molar-refractivity contribution in [1.29, 1.82) is 0 Å². The lowest BCUT2D eigenvalue weighted by atomic mass is 10.0. The van der Waals surface area contributed by atoms with Gasteiger partial charge in [0.25, 0.3) is 5.69 Å². The summed E-state index contributed by atoms with van der Waals surface area (Å²) in [5.74, 6) is -1.19. The van der Waals surface area contributed by atoms with Crippen LogP contribution in [0.3, 0.4) is 0 Å². The predicted octanol–water partition coefficient (Wildman–Crippen LogP) is 3.18. The van der Waals surface area contributed by atoms with Crippen LogP contribution in [0.25, 0.3) is 0 Å². The zero-order chi connectivity index (χ0) is 20.1. The molecule has 0 aliphatic carbocycles. The van der Waals surface area contributed by atoms with Crippen LogP contribution in [-0.2, 0) is 25.5 Å². The van der Waals surface area contributed by atoms with Gasteiger partial charge in [0.05, 0.1) is 29.8 Å². The molecule has 144 valence electrons. The van der Waals surface area contributed by atoms with Crippen molar-refractivity contribution in [2.75, 3.05) is 18.6 Å². The van der Waals surface area contributed by atoms with E-state index < -0.39 is 16.9 Å². The van der Waals surface area contributed by atoms with Gasteiger partial charge in [-0.25, -0.2) is 9.59 Å². The van der Waals surface area contributed by atoms with Crippen molar-refractivity contribution in [1.82, 2.24) is 0 Å². The quantitative estimate of drug-likeness (QED) is 0.428. The van der Waals surface area contributed by atoms with E-state index >= 15 is 0 Å². The van der Waals surface area contributed by atoms with Gasteiger partial charge in [0.1, 0.15) is 5.69 Å². The number of hydrogen-bond donors (Lipinski definition) is 0. The average Bonchev–Trinajstić information content (AvgIpc) is 2.65. The van der Waals surface area contributed by atoms with Gasteiger partial charge >= 0.3 is 11.9 Å². The molecule has 1 aromatic carbocycles. The number of carbonyl (C=O) groups excluding carboxylic acids is 2. The minimum atomic E-state index is -0.610. The molecule has 1 aliphatic heterocycles. The van der Waals surface area contributed by atoms with E-state index in [0.717, 1.165) is 5.56 Å². The number of nitro benzene ring substituents is 1. The Morgan fingerprint density at radius 3 is 2.33 bits per heavy atom. The van der Waals surface area contributed by atoms with E-state index in [9.17, 15) is 19.7 Å². The second kappa shape index (κ2) is 8.48. The Morgan fingerprint density at radius 2 is 1.81 bits per heavy atom. The van der Waals surface area contributed by atoms with Gasteiger partial charge in [0.2, 0.25) is 0 Å². The highest BCUT2D eigenvalue weighted by Crippen LogP contribution is 2.36. The number of benzene rings is 1. The number of ether oxygens (including phenoxy) is 2. The van der Waals surface area contributed by atoms with Crippen LogP contribution < -0.4 is 4.90 Å². The summed E-state index contributed by atoms with van der Waals surface area (Å²) < 4.78 is 9.79. The Morgan fingerprint density at radius 1 is 1.19 bits per heavy atom. The monoisotopic (exact) mass is 374 g/mol. The van der Waals surface area contributed by atoms with Crippen LogP contribution in [0.1, 0.15) is 31.4 Å². The SMILES string of the molecule is CCOC(=O)C1=CN(c2cc(CC)cc(C)c2[N+](=O)[O-])C=C(C(=O)OC)C1.